The first-order chi connectivity index (χ1) is 6.68. The summed E-state index contributed by atoms with van der Waals surface area (Å²) in [6.45, 7) is 0. The van der Waals surface area contributed by atoms with Crippen molar-refractivity contribution in [3.63, 3.8) is 0 Å². The van der Waals surface area contributed by atoms with Gasteiger partial charge >= 0.3 is 0 Å². The molecule has 72 valence electrons. The van der Waals surface area contributed by atoms with E-state index in [-0.39, 0.29) is 5.69 Å². The summed E-state index contributed by atoms with van der Waals surface area (Å²) in [6.07, 6.45) is 1.27. The van der Waals surface area contributed by atoms with Crippen molar-refractivity contribution >= 4 is 17.3 Å². The summed E-state index contributed by atoms with van der Waals surface area (Å²) >= 11 is 5.70. The highest BCUT2D eigenvalue weighted by molar-refractivity contribution is 6.30. The van der Waals surface area contributed by atoms with Crippen LogP contribution in [0.25, 0.3) is 5.69 Å². The normalized spacial score (nSPS) is 10.4. The second-order valence-corrected chi connectivity index (χ2v) is 3.22. The molecule has 0 atom stereocenters. The zero-order chi connectivity index (χ0) is 10.1. The molecule has 0 saturated heterocycles. The standard InChI is InChI=1S/C9H7ClFN3/c10-6-1-3-7(4-2-6)14-9(11)8(12)5-13-14/h1-5H,12H2. The average molecular weight is 212 g/mol. The number of hydrogen-bond acceptors (Lipinski definition) is 2. The number of anilines is 1. The molecule has 0 saturated carbocycles. The Kier molecular flexibility index (Phi) is 2.13. The van der Waals surface area contributed by atoms with E-state index in [1.165, 1.54) is 6.20 Å². The molecule has 1 aromatic heterocycles. The van der Waals surface area contributed by atoms with Gasteiger partial charge in [-0.25, -0.2) is 4.68 Å². The number of rotatable bonds is 1. The van der Waals surface area contributed by atoms with Crippen LogP contribution in [0, 0.1) is 5.95 Å². The zero-order valence-corrected chi connectivity index (χ0v) is 7.87. The second-order valence-electron chi connectivity index (χ2n) is 2.78. The number of benzene rings is 1. The summed E-state index contributed by atoms with van der Waals surface area (Å²) in [5, 5.41) is 4.38. The monoisotopic (exact) mass is 211 g/mol. The molecule has 5 heteroatoms. The average Bonchev–Trinajstić information content (AvgIpc) is 2.50. The first-order valence-corrected chi connectivity index (χ1v) is 4.31. The van der Waals surface area contributed by atoms with Crippen molar-refractivity contribution in [2.45, 2.75) is 0 Å². The van der Waals surface area contributed by atoms with Gasteiger partial charge in [-0.1, -0.05) is 11.6 Å². The minimum atomic E-state index is -0.563. The van der Waals surface area contributed by atoms with Crippen molar-refractivity contribution in [2.75, 3.05) is 5.73 Å². The Bertz CT molecular complexity index is 450. The van der Waals surface area contributed by atoms with Gasteiger partial charge in [-0.2, -0.15) is 9.49 Å². The molecule has 0 amide bonds. The van der Waals surface area contributed by atoms with Gasteiger partial charge in [0.25, 0.3) is 0 Å². The van der Waals surface area contributed by atoms with E-state index in [9.17, 15) is 4.39 Å². The Morgan fingerprint density at radius 2 is 1.93 bits per heavy atom. The Labute approximate surface area is 84.9 Å². The van der Waals surface area contributed by atoms with Crippen molar-refractivity contribution in [1.29, 1.82) is 0 Å². The zero-order valence-electron chi connectivity index (χ0n) is 7.11. The summed E-state index contributed by atoms with van der Waals surface area (Å²) in [5.41, 5.74) is 5.94. The molecule has 2 aromatic rings. The number of halogens is 2. The topological polar surface area (TPSA) is 43.8 Å². The van der Waals surface area contributed by atoms with E-state index in [1.807, 2.05) is 0 Å². The largest absolute Gasteiger partial charge is 0.394 e. The maximum atomic E-state index is 13.3. The van der Waals surface area contributed by atoms with Crippen LogP contribution >= 0.6 is 11.6 Å². The Morgan fingerprint density at radius 3 is 2.43 bits per heavy atom. The summed E-state index contributed by atoms with van der Waals surface area (Å²) in [4.78, 5) is 0. The summed E-state index contributed by atoms with van der Waals surface area (Å²) < 4.78 is 14.4. The minimum Gasteiger partial charge on any atom is -0.394 e. The molecule has 0 aliphatic carbocycles. The van der Waals surface area contributed by atoms with Crippen LogP contribution in [0.1, 0.15) is 0 Å². The highest BCUT2D eigenvalue weighted by Crippen LogP contribution is 2.16. The van der Waals surface area contributed by atoms with Crippen LogP contribution in [0.3, 0.4) is 0 Å². The van der Waals surface area contributed by atoms with Crippen molar-refractivity contribution in [3.8, 4) is 5.69 Å². The molecular formula is C9H7ClFN3. The molecule has 0 bridgehead atoms. The van der Waals surface area contributed by atoms with Crippen LogP contribution in [0.2, 0.25) is 5.02 Å². The fourth-order valence-electron chi connectivity index (χ4n) is 1.11. The number of nitrogens with two attached hydrogens (primary N) is 1. The Hall–Kier alpha value is -1.55. The second kappa shape index (κ2) is 3.31. The summed E-state index contributed by atoms with van der Waals surface area (Å²) in [5.74, 6) is -0.563. The molecular weight excluding hydrogens is 205 g/mol. The Morgan fingerprint density at radius 1 is 1.29 bits per heavy atom. The van der Waals surface area contributed by atoms with Crippen molar-refractivity contribution in [2.24, 2.45) is 0 Å². The molecule has 14 heavy (non-hydrogen) atoms. The van der Waals surface area contributed by atoms with E-state index >= 15 is 0 Å². The van der Waals surface area contributed by atoms with Gasteiger partial charge in [0.1, 0.15) is 5.69 Å². The smallest absolute Gasteiger partial charge is 0.239 e. The lowest BCUT2D eigenvalue weighted by Crippen LogP contribution is -2.00. The van der Waals surface area contributed by atoms with Crippen LogP contribution in [0.15, 0.2) is 30.5 Å². The maximum absolute atomic E-state index is 13.3. The predicted octanol–water partition coefficient (Wildman–Crippen LogP) is 2.25. The van der Waals surface area contributed by atoms with Crippen molar-refractivity contribution in [3.05, 3.63) is 41.4 Å². The first-order valence-electron chi connectivity index (χ1n) is 3.93. The highest BCUT2D eigenvalue weighted by Gasteiger charge is 2.08. The van der Waals surface area contributed by atoms with Crippen LogP contribution in [0.4, 0.5) is 10.1 Å². The molecule has 2 rings (SSSR count). The lowest BCUT2D eigenvalue weighted by atomic mass is 10.3. The minimum absolute atomic E-state index is 0.0277. The van der Waals surface area contributed by atoms with Crippen LogP contribution in [0.5, 0.6) is 0 Å². The highest BCUT2D eigenvalue weighted by atomic mass is 35.5. The van der Waals surface area contributed by atoms with Gasteiger partial charge < -0.3 is 5.73 Å². The Balaban J connectivity index is 2.49. The lowest BCUT2D eigenvalue weighted by Gasteiger charge is -2.01. The summed E-state index contributed by atoms with van der Waals surface area (Å²) in [6, 6.07) is 6.65. The molecule has 1 heterocycles. The molecule has 0 unspecified atom stereocenters. The van der Waals surface area contributed by atoms with Gasteiger partial charge in [0.05, 0.1) is 11.9 Å². The van der Waals surface area contributed by atoms with Crippen molar-refractivity contribution < 1.29 is 4.39 Å². The van der Waals surface area contributed by atoms with Crippen LogP contribution < -0.4 is 5.73 Å². The van der Waals surface area contributed by atoms with E-state index in [2.05, 4.69) is 5.10 Å². The predicted molar refractivity (Wildman–Crippen MR) is 52.9 cm³/mol. The van der Waals surface area contributed by atoms with Crippen LogP contribution in [-0.2, 0) is 0 Å². The number of aromatic nitrogens is 2. The van der Waals surface area contributed by atoms with Gasteiger partial charge in [-0.15, -0.1) is 0 Å². The fraction of sp³-hybridized carbons (Fsp3) is 0. The van der Waals surface area contributed by atoms with E-state index in [4.69, 9.17) is 17.3 Å². The third kappa shape index (κ3) is 1.44. The van der Waals surface area contributed by atoms with E-state index in [0.717, 1.165) is 4.68 Å². The van der Waals surface area contributed by atoms with Gasteiger partial charge in [0.15, 0.2) is 0 Å². The van der Waals surface area contributed by atoms with Gasteiger partial charge in [-0.05, 0) is 24.3 Å². The summed E-state index contributed by atoms with van der Waals surface area (Å²) in [7, 11) is 0. The quantitative estimate of drug-likeness (QED) is 0.786. The van der Waals surface area contributed by atoms with Gasteiger partial charge in [0, 0.05) is 5.02 Å². The van der Waals surface area contributed by atoms with E-state index in [0.29, 0.717) is 10.7 Å². The molecule has 0 radical (unpaired) electrons. The van der Waals surface area contributed by atoms with Crippen LogP contribution in [-0.4, -0.2) is 9.78 Å². The molecule has 2 N–H and O–H groups in total. The molecule has 0 fully saturated rings. The van der Waals surface area contributed by atoms with Gasteiger partial charge in [0.2, 0.25) is 5.95 Å². The first kappa shape index (κ1) is 9.02. The fourth-order valence-corrected chi connectivity index (χ4v) is 1.23. The molecule has 3 nitrogen and oxygen atoms in total. The molecule has 0 aliphatic rings. The SMILES string of the molecule is Nc1cnn(-c2ccc(Cl)cc2)c1F. The third-order valence-corrected chi connectivity index (χ3v) is 2.06. The number of nitrogens with zero attached hydrogens (tertiary/aromatic N) is 2. The van der Waals surface area contributed by atoms with Crippen molar-refractivity contribution in [1.82, 2.24) is 9.78 Å². The van der Waals surface area contributed by atoms with E-state index < -0.39 is 5.95 Å². The van der Waals surface area contributed by atoms with Gasteiger partial charge in [-0.3, -0.25) is 0 Å². The maximum Gasteiger partial charge on any atom is 0.239 e. The number of nitrogen functional groups attached to an aromatic ring is 1. The third-order valence-electron chi connectivity index (χ3n) is 1.81. The van der Waals surface area contributed by atoms with E-state index in [1.54, 1.807) is 24.3 Å². The lowest BCUT2D eigenvalue weighted by molar-refractivity contribution is 0.540. The molecule has 0 spiro atoms. The molecule has 0 aliphatic heterocycles. The number of hydrogen-bond donors (Lipinski definition) is 1. The molecule has 1 aromatic carbocycles.